The van der Waals surface area contributed by atoms with Crippen LogP contribution in [0.4, 0.5) is 0 Å². The fourth-order valence-electron chi connectivity index (χ4n) is 1.65. The van der Waals surface area contributed by atoms with Gasteiger partial charge in [-0.1, -0.05) is 24.3 Å². The average molecular weight is 233 g/mol. The van der Waals surface area contributed by atoms with Gasteiger partial charge in [-0.2, -0.15) is 0 Å². The van der Waals surface area contributed by atoms with Gasteiger partial charge in [0.25, 0.3) is 0 Å². The molecule has 2 aromatic carbocycles. The molecule has 0 saturated heterocycles. The first-order valence-electron chi connectivity index (χ1n) is 5.36. The monoisotopic (exact) mass is 233 g/mol. The molecule has 3 heteroatoms. The standard InChI is InChI=1S/C13H15NOS/c14-8-3-9-16-13-7-6-12(15)10-4-1-2-5-11(10)13/h1-2,4-7,15H,3,8-9,14H2. The van der Waals surface area contributed by atoms with Crippen LogP contribution >= 0.6 is 11.8 Å². The van der Waals surface area contributed by atoms with Crippen molar-refractivity contribution in [1.29, 1.82) is 0 Å². The lowest BCUT2D eigenvalue weighted by molar-refractivity contribution is 0.481. The molecule has 0 atom stereocenters. The van der Waals surface area contributed by atoms with E-state index < -0.39 is 0 Å². The number of benzene rings is 2. The van der Waals surface area contributed by atoms with Crippen LogP contribution in [0.15, 0.2) is 41.3 Å². The Morgan fingerprint density at radius 1 is 1.06 bits per heavy atom. The Bertz CT molecular complexity index is 484. The molecule has 0 saturated carbocycles. The molecular weight excluding hydrogens is 218 g/mol. The van der Waals surface area contributed by atoms with Crippen molar-refractivity contribution < 1.29 is 5.11 Å². The van der Waals surface area contributed by atoms with Gasteiger partial charge in [0.05, 0.1) is 0 Å². The number of rotatable bonds is 4. The maximum atomic E-state index is 9.74. The number of phenolic OH excluding ortho intramolecular Hbond substituents is 1. The Balaban J connectivity index is 2.35. The lowest BCUT2D eigenvalue weighted by Gasteiger charge is -2.07. The van der Waals surface area contributed by atoms with E-state index in [2.05, 4.69) is 0 Å². The van der Waals surface area contributed by atoms with Crippen molar-refractivity contribution in [3.63, 3.8) is 0 Å². The zero-order valence-electron chi connectivity index (χ0n) is 9.02. The largest absolute Gasteiger partial charge is 0.507 e. The van der Waals surface area contributed by atoms with E-state index in [-0.39, 0.29) is 0 Å². The molecule has 0 aromatic heterocycles. The second-order valence-electron chi connectivity index (χ2n) is 3.62. The van der Waals surface area contributed by atoms with Gasteiger partial charge in [0.1, 0.15) is 5.75 Å². The molecule has 2 aromatic rings. The number of aromatic hydroxyl groups is 1. The Kier molecular flexibility index (Phi) is 3.70. The van der Waals surface area contributed by atoms with E-state index in [0.29, 0.717) is 5.75 Å². The highest BCUT2D eigenvalue weighted by Crippen LogP contribution is 2.33. The number of hydrogen-bond acceptors (Lipinski definition) is 3. The number of thioether (sulfide) groups is 1. The van der Waals surface area contributed by atoms with E-state index in [1.165, 1.54) is 4.90 Å². The predicted octanol–water partition coefficient (Wildman–Crippen LogP) is 2.99. The van der Waals surface area contributed by atoms with E-state index in [1.807, 2.05) is 30.3 Å². The molecule has 0 aliphatic heterocycles. The molecule has 0 aliphatic rings. The lowest BCUT2D eigenvalue weighted by Crippen LogP contribution is -1.99. The average Bonchev–Trinajstić information content (AvgIpc) is 2.33. The first-order chi connectivity index (χ1) is 7.83. The van der Waals surface area contributed by atoms with Crippen LogP contribution in [-0.4, -0.2) is 17.4 Å². The normalized spacial score (nSPS) is 10.8. The molecule has 0 heterocycles. The third-order valence-corrected chi connectivity index (χ3v) is 3.63. The molecule has 0 amide bonds. The van der Waals surface area contributed by atoms with Crippen molar-refractivity contribution >= 4 is 22.5 Å². The van der Waals surface area contributed by atoms with Gasteiger partial charge >= 0.3 is 0 Å². The van der Waals surface area contributed by atoms with E-state index >= 15 is 0 Å². The third-order valence-electron chi connectivity index (χ3n) is 2.47. The molecule has 2 nitrogen and oxygen atoms in total. The Hall–Kier alpha value is -1.19. The van der Waals surface area contributed by atoms with Gasteiger partial charge < -0.3 is 10.8 Å². The van der Waals surface area contributed by atoms with Crippen molar-refractivity contribution in [1.82, 2.24) is 0 Å². The second-order valence-corrected chi connectivity index (χ2v) is 4.76. The lowest BCUT2D eigenvalue weighted by atomic mass is 10.1. The maximum Gasteiger partial charge on any atom is 0.123 e. The van der Waals surface area contributed by atoms with Crippen LogP contribution in [0.25, 0.3) is 10.8 Å². The van der Waals surface area contributed by atoms with E-state index in [9.17, 15) is 5.11 Å². The van der Waals surface area contributed by atoms with Crippen LogP contribution in [0.3, 0.4) is 0 Å². The molecule has 0 aliphatic carbocycles. The van der Waals surface area contributed by atoms with Gasteiger partial charge in [0.15, 0.2) is 0 Å². The fourth-order valence-corrected chi connectivity index (χ4v) is 2.68. The predicted molar refractivity (Wildman–Crippen MR) is 70.0 cm³/mol. The summed E-state index contributed by atoms with van der Waals surface area (Å²) in [6.07, 6.45) is 1.01. The summed E-state index contributed by atoms with van der Waals surface area (Å²) in [5.74, 6) is 1.37. The Morgan fingerprint density at radius 3 is 2.56 bits per heavy atom. The summed E-state index contributed by atoms with van der Waals surface area (Å²) >= 11 is 1.79. The molecule has 0 radical (unpaired) electrons. The van der Waals surface area contributed by atoms with Gasteiger partial charge in [0.2, 0.25) is 0 Å². The third kappa shape index (κ3) is 2.31. The number of hydrogen-bond donors (Lipinski definition) is 2. The van der Waals surface area contributed by atoms with Gasteiger partial charge in [-0.3, -0.25) is 0 Å². The van der Waals surface area contributed by atoms with Gasteiger partial charge in [-0.05, 0) is 36.2 Å². The summed E-state index contributed by atoms with van der Waals surface area (Å²) in [5.41, 5.74) is 5.48. The quantitative estimate of drug-likeness (QED) is 0.630. The number of phenols is 1. The topological polar surface area (TPSA) is 46.2 Å². The minimum Gasteiger partial charge on any atom is -0.507 e. The van der Waals surface area contributed by atoms with Gasteiger partial charge in [0, 0.05) is 10.3 Å². The summed E-state index contributed by atoms with van der Waals surface area (Å²) in [5, 5.41) is 11.8. The fraction of sp³-hybridized carbons (Fsp3) is 0.231. The summed E-state index contributed by atoms with van der Waals surface area (Å²) < 4.78 is 0. The summed E-state index contributed by atoms with van der Waals surface area (Å²) in [6.45, 7) is 0.725. The van der Waals surface area contributed by atoms with Gasteiger partial charge in [-0.25, -0.2) is 0 Å². The minimum absolute atomic E-state index is 0.346. The van der Waals surface area contributed by atoms with Crippen LogP contribution in [0.5, 0.6) is 5.75 Å². The van der Waals surface area contributed by atoms with Crippen LogP contribution in [0.1, 0.15) is 6.42 Å². The minimum atomic E-state index is 0.346. The highest BCUT2D eigenvalue weighted by molar-refractivity contribution is 7.99. The summed E-state index contributed by atoms with van der Waals surface area (Å²) in [7, 11) is 0. The first kappa shape index (κ1) is 11.3. The first-order valence-corrected chi connectivity index (χ1v) is 6.35. The van der Waals surface area contributed by atoms with Crippen molar-refractivity contribution in [3.8, 4) is 5.75 Å². The van der Waals surface area contributed by atoms with Crippen molar-refractivity contribution in [2.75, 3.05) is 12.3 Å². The van der Waals surface area contributed by atoms with Crippen LogP contribution < -0.4 is 5.73 Å². The molecule has 0 fully saturated rings. The highest BCUT2D eigenvalue weighted by atomic mass is 32.2. The Labute approximate surface area is 99.5 Å². The van der Waals surface area contributed by atoms with Crippen molar-refractivity contribution in [3.05, 3.63) is 36.4 Å². The molecule has 0 spiro atoms. The molecule has 84 valence electrons. The summed E-state index contributed by atoms with van der Waals surface area (Å²) in [4.78, 5) is 1.21. The zero-order chi connectivity index (χ0) is 11.4. The number of fused-ring (bicyclic) bond motifs is 1. The smallest absolute Gasteiger partial charge is 0.123 e. The van der Waals surface area contributed by atoms with E-state index in [0.717, 1.165) is 29.5 Å². The molecule has 16 heavy (non-hydrogen) atoms. The molecule has 0 unspecified atom stereocenters. The van der Waals surface area contributed by atoms with Crippen LogP contribution in [0.2, 0.25) is 0 Å². The molecule has 0 bridgehead atoms. The van der Waals surface area contributed by atoms with E-state index in [1.54, 1.807) is 17.8 Å². The highest BCUT2D eigenvalue weighted by Gasteiger charge is 2.04. The molecular formula is C13H15NOS. The van der Waals surface area contributed by atoms with Gasteiger partial charge in [-0.15, -0.1) is 11.8 Å². The molecule has 3 N–H and O–H groups in total. The SMILES string of the molecule is NCCCSc1ccc(O)c2ccccc12. The van der Waals surface area contributed by atoms with Crippen molar-refractivity contribution in [2.45, 2.75) is 11.3 Å². The Morgan fingerprint density at radius 2 is 1.81 bits per heavy atom. The zero-order valence-corrected chi connectivity index (χ0v) is 9.83. The van der Waals surface area contributed by atoms with Crippen LogP contribution in [-0.2, 0) is 0 Å². The van der Waals surface area contributed by atoms with Crippen molar-refractivity contribution in [2.24, 2.45) is 5.73 Å². The maximum absolute atomic E-state index is 9.74. The van der Waals surface area contributed by atoms with E-state index in [4.69, 9.17) is 5.73 Å². The number of nitrogens with two attached hydrogens (primary N) is 1. The molecule has 2 rings (SSSR count). The second kappa shape index (κ2) is 5.23. The summed E-state index contributed by atoms with van der Waals surface area (Å²) in [6, 6.07) is 11.6. The van der Waals surface area contributed by atoms with Crippen LogP contribution in [0, 0.1) is 0 Å².